The Hall–Kier alpha value is -1.68. The molecule has 9 heteroatoms. The van der Waals surface area contributed by atoms with Crippen LogP contribution >= 0.6 is 23.4 Å². The third-order valence-corrected chi connectivity index (χ3v) is 6.51. The van der Waals surface area contributed by atoms with Crippen molar-refractivity contribution < 1.29 is 34.6 Å². The van der Waals surface area contributed by atoms with E-state index in [1.165, 1.54) is 17.8 Å². The van der Waals surface area contributed by atoms with E-state index in [4.69, 9.17) is 25.8 Å². The number of aromatic hydroxyl groups is 1. The lowest BCUT2D eigenvalue weighted by atomic mass is 9.92. The number of benzene rings is 2. The second-order valence-corrected chi connectivity index (χ2v) is 8.63. The largest absolute Gasteiger partial charge is 0.508 e. The van der Waals surface area contributed by atoms with Gasteiger partial charge in [0.15, 0.2) is 11.5 Å². The molecule has 2 aromatic carbocycles. The fourth-order valence-corrected chi connectivity index (χ4v) is 4.60. The Bertz CT molecular complexity index is 922. The fourth-order valence-electron chi connectivity index (χ4n) is 3.71. The zero-order valence-corrected chi connectivity index (χ0v) is 17.8. The molecule has 30 heavy (non-hydrogen) atoms. The van der Waals surface area contributed by atoms with Gasteiger partial charge < -0.3 is 34.6 Å². The molecule has 162 valence electrons. The summed E-state index contributed by atoms with van der Waals surface area (Å²) in [5.74, 6) is 1.20. The molecular weight excluding hydrogens is 432 g/mol. The van der Waals surface area contributed by atoms with Gasteiger partial charge in [0.05, 0.1) is 0 Å². The van der Waals surface area contributed by atoms with Gasteiger partial charge in [0.1, 0.15) is 48.8 Å². The number of fused-ring (bicyclic) bond motifs is 1. The predicted molar refractivity (Wildman–Crippen MR) is 113 cm³/mol. The van der Waals surface area contributed by atoms with Crippen LogP contribution in [0.25, 0.3) is 0 Å². The van der Waals surface area contributed by atoms with Crippen molar-refractivity contribution in [3.05, 3.63) is 52.0 Å². The van der Waals surface area contributed by atoms with Crippen LogP contribution in [-0.2, 0) is 11.2 Å². The van der Waals surface area contributed by atoms with E-state index in [-0.39, 0.29) is 5.75 Å². The Labute approximate surface area is 183 Å². The Kier molecular flexibility index (Phi) is 6.34. The Morgan fingerprint density at radius 2 is 1.73 bits per heavy atom. The minimum Gasteiger partial charge on any atom is -0.508 e. The first-order valence-corrected chi connectivity index (χ1v) is 11.2. The highest BCUT2D eigenvalue weighted by molar-refractivity contribution is 7.99. The third-order valence-electron chi connectivity index (χ3n) is 5.31. The molecule has 5 atom stereocenters. The minimum atomic E-state index is -1.41. The van der Waals surface area contributed by atoms with Gasteiger partial charge >= 0.3 is 0 Å². The monoisotopic (exact) mass is 454 g/mol. The van der Waals surface area contributed by atoms with Crippen LogP contribution < -0.4 is 9.47 Å². The van der Waals surface area contributed by atoms with Crippen molar-refractivity contribution in [3.63, 3.8) is 0 Å². The number of hydrogen-bond acceptors (Lipinski definition) is 8. The number of halogens is 1. The van der Waals surface area contributed by atoms with Crippen LogP contribution in [0.5, 0.6) is 17.2 Å². The molecule has 0 aliphatic carbocycles. The normalized spacial score (nSPS) is 28.4. The van der Waals surface area contributed by atoms with E-state index in [2.05, 4.69) is 0 Å². The lowest BCUT2D eigenvalue weighted by molar-refractivity contribution is -0.200. The molecule has 0 bridgehead atoms. The first-order valence-electron chi connectivity index (χ1n) is 9.51. The quantitative estimate of drug-likeness (QED) is 0.557. The van der Waals surface area contributed by atoms with E-state index in [1.807, 2.05) is 18.2 Å². The summed E-state index contributed by atoms with van der Waals surface area (Å²) in [6.45, 7) is 1.00. The summed E-state index contributed by atoms with van der Waals surface area (Å²) in [6, 6.07) is 8.68. The summed E-state index contributed by atoms with van der Waals surface area (Å²) in [5, 5.41) is 41.6. The van der Waals surface area contributed by atoms with Crippen LogP contribution in [0.4, 0.5) is 0 Å². The molecule has 4 rings (SSSR count). The summed E-state index contributed by atoms with van der Waals surface area (Å²) < 4.78 is 16.9. The maximum absolute atomic E-state index is 10.5. The van der Waals surface area contributed by atoms with Gasteiger partial charge in [0.25, 0.3) is 0 Å². The zero-order chi connectivity index (χ0) is 21.4. The van der Waals surface area contributed by atoms with Crippen LogP contribution in [0, 0.1) is 0 Å². The van der Waals surface area contributed by atoms with E-state index in [1.54, 1.807) is 12.3 Å². The van der Waals surface area contributed by atoms with Crippen molar-refractivity contribution in [3.8, 4) is 17.2 Å². The molecular formula is C21H23ClO7S. The first kappa shape index (κ1) is 21.5. The number of phenolic OH excluding ortho intramolecular Hbond substituents is 1. The second kappa shape index (κ2) is 8.82. The van der Waals surface area contributed by atoms with E-state index in [9.17, 15) is 20.4 Å². The molecule has 2 heterocycles. The van der Waals surface area contributed by atoms with Crippen molar-refractivity contribution in [2.75, 3.05) is 19.5 Å². The molecule has 0 saturated carbocycles. The van der Waals surface area contributed by atoms with E-state index in [0.29, 0.717) is 47.3 Å². The molecule has 2 aromatic rings. The van der Waals surface area contributed by atoms with Crippen LogP contribution in [0.3, 0.4) is 0 Å². The highest BCUT2D eigenvalue weighted by atomic mass is 35.5. The fraction of sp³-hybridized carbons (Fsp3) is 0.429. The molecule has 0 aromatic heterocycles. The van der Waals surface area contributed by atoms with Gasteiger partial charge in [-0.1, -0.05) is 17.7 Å². The summed E-state index contributed by atoms with van der Waals surface area (Å²) >= 11 is 7.58. The molecule has 2 aliphatic rings. The van der Waals surface area contributed by atoms with Crippen LogP contribution in [0.1, 0.15) is 22.8 Å². The first-order chi connectivity index (χ1) is 14.4. The highest BCUT2D eigenvalue weighted by Gasteiger charge is 2.44. The molecule has 0 spiro atoms. The molecule has 0 radical (unpaired) electrons. The minimum absolute atomic E-state index is 0.154. The molecule has 0 unspecified atom stereocenters. The van der Waals surface area contributed by atoms with E-state index >= 15 is 0 Å². The van der Waals surface area contributed by atoms with Crippen molar-refractivity contribution >= 4 is 23.4 Å². The predicted octanol–water partition coefficient (Wildman–Crippen LogP) is 2.25. The number of hydrogen-bond donors (Lipinski definition) is 4. The maximum Gasteiger partial charge on any atom is 0.161 e. The summed E-state index contributed by atoms with van der Waals surface area (Å²) in [5.41, 5.74) is 1.19. The average Bonchev–Trinajstić information content (AvgIpc) is 2.74. The highest BCUT2D eigenvalue weighted by Crippen LogP contribution is 2.41. The SMILES string of the molecule is CS[C@H]1O[C@@H](c2cc(Cc3ccc4c(c3)OCCO4)c(Cl)cc2O)[C@H](O)[C@@H](O)[C@@H]1O. The summed E-state index contributed by atoms with van der Waals surface area (Å²) in [4.78, 5) is 0. The number of thioether (sulfide) groups is 1. The molecule has 1 saturated heterocycles. The standard InChI is InChI=1S/C21H23ClO7S/c1-30-21-19(26)17(24)18(25)20(29-21)12-8-11(13(22)9-14(12)23)6-10-2-3-15-16(7-10)28-5-4-27-15/h2-3,7-9,17-21,23-26H,4-6H2,1H3/t17-,18-,19+,20+,21-/m1/s1. The molecule has 7 nitrogen and oxygen atoms in total. The number of phenols is 1. The summed E-state index contributed by atoms with van der Waals surface area (Å²) in [7, 11) is 0. The lowest BCUT2D eigenvalue weighted by Gasteiger charge is -2.40. The molecule has 4 N–H and O–H groups in total. The molecule has 2 aliphatic heterocycles. The van der Waals surface area contributed by atoms with Crippen LogP contribution in [0.2, 0.25) is 5.02 Å². The van der Waals surface area contributed by atoms with E-state index in [0.717, 1.165) is 5.56 Å². The van der Waals surface area contributed by atoms with Crippen molar-refractivity contribution in [1.82, 2.24) is 0 Å². The van der Waals surface area contributed by atoms with Gasteiger partial charge in [-0.3, -0.25) is 0 Å². The smallest absolute Gasteiger partial charge is 0.161 e. The zero-order valence-electron chi connectivity index (χ0n) is 16.2. The van der Waals surface area contributed by atoms with Crippen molar-refractivity contribution in [1.29, 1.82) is 0 Å². The third kappa shape index (κ3) is 4.08. The van der Waals surface area contributed by atoms with E-state index < -0.39 is 29.9 Å². The molecule has 1 fully saturated rings. The lowest BCUT2D eigenvalue weighted by Crippen LogP contribution is -2.52. The van der Waals surface area contributed by atoms with Gasteiger partial charge in [0, 0.05) is 10.6 Å². The Morgan fingerprint density at radius 3 is 2.47 bits per heavy atom. The average molecular weight is 455 g/mol. The number of aliphatic hydroxyl groups is 3. The second-order valence-electron chi connectivity index (χ2n) is 7.29. The van der Waals surface area contributed by atoms with Crippen molar-refractivity contribution in [2.24, 2.45) is 0 Å². The molecule has 0 amide bonds. The number of rotatable bonds is 4. The Morgan fingerprint density at radius 1 is 1.00 bits per heavy atom. The van der Waals surface area contributed by atoms with Gasteiger partial charge in [-0.05, 0) is 48.1 Å². The van der Waals surface area contributed by atoms with Gasteiger partial charge in [-0.25, -0.2) is 0 Å². The van der Waals surface area contributed by atoms with Crippen LogP contribution in [-0.4, -0.2) is 63.6 Å². The Balaban J connectivity index is 1.64. The van der Waals surface area contributed by atoms with Crippen molar-refractivity contribution in [2.45, 2.75) is 36.3 Å². The topological polar surface area (TPSA) is 109 Å². The number of ether oxygens (including phenoxy) is 3. The maximum atomic E-state index is 10.5. The van der Waals surface area contributed by atoms with Crippen LogP contribution in [0.15, 0.2) is 30.3 Å². The number of aliphatic hydroxyl groups excluding tert-OH is 3. The van der Waals surface area contributed by atoms with Gasteiger partial charge in [0.2, 0.25) is 0 Å². The summed E-state index contributed by atoms with van der Waals surface area (Å²) in [6.07, 6.45) is -2.89. The van der Waals surface area contributed by atoms with Gasteiger partial charge in [-0.2, -0.15) is 0 Å². The van der Waals surface area contributed by atoms with Gasteiger partial charge in [-0.15, -0.1) is 11.8 Å².